The highest BCUT2D eigenvalue weighted by Gasteiger charge is 2.29. The van der Waals surface area contributed by atoms with Gasteiger partial charge in [-0.1, -0.05) is 0 Å². The average Bonchev–Trinajstić information content (AvgIpc) is 3.45. The van der Waals surface area contributed by atoms with E-state index in [9.17, 15) is 18.3 Å². The van der Waals surface area contributed by atoms with Crippen LogP contribution in [-0.2, 0) is 10.0 Å². The van der Waals surface area contributed by atoms with E-state index in [1.165, 1.54) is 17.0 Å². The number of hydrogen-bond donors (Lipinski definition) is 4. The van der Waals surface area contributed by atoms with E-state index in [2.05, 4.69) is 10.0 Å². The van der Waals surface area contributed by atoms with Crippen LogP contribution in [0.3, 0.4) is 0 Å². The van der Waals surface area contributed by atoms with Crippen LogP contribution in [0.4, 0.5) is 10.5 Å². The molecule has 8 nitrogen and oxygen atoms in total. The van der Waals surface area contributed by atoms with Crippen LogP contribution in [0.15, 0.2) is 29.2 Å². The van der Waals surface area contributed by atoms with Crippen LogP contribution in [0.25, 0.3) is 0 Å². The van der Waals surface area contributed by atoms with Gasteiger partial charge in [0.15, 0.2) is 0 Å². The molecule has 0 bridgehead atoms. The second-order valence-corrected chi connectivity index (χ2v) is 8.76. The fourth-order valence-electron chi connectivity index (χ4n) is 2.93. The van der Waals surface area contributed by atoms with Gasteiger partial charge in [-0.2, -0.15) is 0 Å². The first-order valence-corrected chi connectivity index (χ1v) is 10.3. The lowest BCUT2D eigenvalue weighted by Crippen LogP contribution is -2.49. The number of nitrogens with zero attached hydrogens (tertiary/aromatic N) is 1. The molecule has 2 atom stereocenters. The van der Waals surface area contributed by atoms with Gasteiger partial charge in [-0.25, -0.2) is 17.9 Å². The first kappa shape index (κ1) is 19.1. The van der Waals surface area contributed by atoms with E-state index in [0.717, 1.165) is 12.8 Å². The molecule has 2 amide bonds. The van der Waals surface area contributed by atoms with Crippen LogP contribution >= 0.6 is 0 Å². The summed E-state index contributed by atoms with van der Waals surface area (Å²) >= 11 is 0. The fourth-order valence-corrected chi connectivity index (χ4v) is 4.05. The Bertz CT molecular complexity index is 733. The number of likely N-dealkylation sites (tertiary alicyclic amines) is 1. The van der Waals surface area contributed by atoms with E-state index in [-0.39, 0.29) is 30.0 Å². The molecule has 1 aliphatic carbocycles. The largest absolute Gasteiger partial charge is 0.396 e. The van der Waals surface area contributed by atoms with Crippen molar-refractivity contribution in [3.05, 3.63) is 24.3 Å². The van der Waals surface area contributed by atoms with Gasteiger partial charge in [0, 0.05) is 37.8 Å². The standard InChI is InChI=1S/C17H25N3O5S/c21-11-13-7-8-20(10-16(13)22)17(23)19-14-3-5-15(6-4-14)26(24,25)18-9-12-1-2-12/h3-6,12-13,16,18,21-22H,1-2,7-11H2,(H,19,23)/t13-,16-/m0/s1. The SMILES string of the molecule is O=C(Nc1ccc(S(=O)(=O)NCC2CC2)cc1)N1CC[C@@H](CO)[C@@H](O)C1. The van der Waals surface area contributed by atoms with Crippen molar-refractivity contribution in [3.8, 4) is 0 Å². The average molecular weight is 383 g/mol. The maximum atomic E-state index is 12.3. The summed E-state index contributed by atoms with van der Waals surface area (Å²) in [4.78, 5) is 13.9. The molecule has 0 unspecified atom stereocenters. The molecule has 3 rings (SSSR count). The van der Waals surface area contributed by atoms with Crippen molar-refractivity contribution >= 4 is 21.7 Å². The van der Waals surface area contributed by atoms with Crippen LogP contribution in [0, 0.1) is 11.8 Å². The maximum absolute atomic E-state index is 12.3. The molecule has 1 saturated heterocycles. The number of β-amino-alcohol motifs (C(OH)–C–C–N with tert-alkyl or cyclic N) is 1. The van der Waals surface area contributed by atoms with Crippen molar-refractivity contribution in [3.63, 3.8) is 0 Å². The second-order valence-electron chi connectivity index (χ2n) is 6.99. The minimum Gasteiger partial charge on any atom is -0.396 e. The third-order valence-corrected chi connectivity index (χ3v) is 6.36. The van der Waals surface area contributed by atoms with E-state index in [4.69, 9.17) is 5.11 Å². The molecule has 0 spiro atoms. The number of amides is 2. The summed E-state index contributed by atoms with van der Waals surface area (Å²) in [5, 5.41) is 21.8. The van der Waals surface area contributed by atoms with Crippen molar-refractivity contribution in [1.82, 2.24) is 9.62 Å². The molecule has 1 heterocycles. The molecule has 9 heteroatoms. The zero-order chi connectivity index (χ0) is 18.7. The van der Waals surface area contributed by atoms with Crippen molar-refractivity contribution in [1.29, 1.82) is 0 Å². The fraction of sp³-hybridized carbons (Fsp3) is 0.588. The number of anilines is 1. The molecule has 1 aromatic carbocycles. The number of nitrogens with one attached hydrogen (secondary N) is 2. The Morgan fingerprint density at radius 3 is 2.46 bits per heavy atom. The highest BCUT2D eigenvalue weighted by Crippen LogP contribution is 2.28. The number of aliphatic hydroxyl groups is 2. The highest BCUT2D eigenvalue weighted by molar-refractivity contribution is 7.89. The van der Waals surface area contributed by atoms with Gasteiger partial charge in [0.1, 0.15) is 0 Å². The zero-order valence-electron chi connectivity index (χ0n) is 14.5. The molecule has 2 fully saturated rings. The van der Waals surface area contributed by atoms with Gasteiger partial charge < -0.3 is 20.4 Å². The molecule has 4 N–H and O–H groups in total. The molecule has 1 aromatic rings. The van der Waals surface area contributed by atoms with Crippen LogP contribution in [0.2, 0.25) is 0 Å². The normalized spacial score (nSPS) is 23.7. The Hall–Kier alpha value is -1.68. The van der Waals surface area contributed by atoms with Crippen molar-refractivity contribution in [2.75, 3.05) is 31.6 Å². The molecule has 0 aromatic heterocycles. The minimum absolute atomic E-state index is 0.0959. The lowest BCUT2D eigenvalue weighted by Gasteiger charge is -2.35. The van der Waals surface area contributed by atoms with Crippen molar-refractivity contribution < 1.29 is 23.4 Å². The molecular formula is C17H25N3O5S. The lowest BCUT2D eigenvalue weighted by atomic mass is 9.95. The number of urea groups is 1. The zero-order valence-corrected chi connectivity index (χ0v) is 15.3. The molecule has 144 valence electrons. The number of rotatable bonds is 6. The summed E-state index contributed by atoms with van der Waals surface area (Å²) in [6.45, 7) is 0.981. The summed E-state index contributed by atoms with van der Waals surface area (Å²) in [6, 6.07) is 5.64. The summed E-state index contributed by atoms with van der Waals surface area (Å²) < 4.78 is 27.0. The van der Waals surface area contributed by atoms with Gasteiger partial charge in [-0.15, -0.1) is 0 Å². The number of benzene rings is 1. The molecular weight excluding hydrogens is 358 g/mol. The topological polar surface area (TPSA) is 119 Å². The Kier molecular flexibility index (Phi) is 5.81. The van der Waals surface area contributed by atoms with Gasteiger partial charge in [0.25, 0.3) is 0 Å². The number of carbonyl (C=O) groups is 1. The Morgan fingerprint density at radius 1 is 1.19 bits per heavy atom. The number of aliphatic hydroxyl groups excluding tert-OH is 2. The molecule has 1 saturated carbocycles. The van der Waals surface area contributed by atoms with Gasteiger partial charge in [0.05, 0.1) is 11.0 Å². The minimum atomic E-state index is -3.53. The van der Waals surface area contributed by atoms with Crippen LogP contribution < -0.4 is 10.0 Å². The molecule has 0 radical (unpaired) electrons. The predicted molar refractivity (Wildman–Crippen MR) is 96.1 cm³/mol. The monoisotopic (exact) mass is 383 g/mol. The number of piperidine rings is 1. The van der Waals surface area contributed by atoms with Gasteiger partial charge in [-0.3, -0.25) is 0 Å². The van der Waals surface area contributed by atoms with Gasteiger partial charge >= 0.3 is 6.03 Å². The Labute approximate surface area is 153 Å². The Balaban J connectivity index is 1.56. The summed E-state index contributed by atoms with van der Waals surface area (Å²) in [5.74, 6) is 0.250. The third kappa shape index (κ3) is 4.73. The van der Waals surface area contributed by atoms with E-state index in [1.807, 2.05) is 0 Å². The van der Waals surface area contributed by atoms with E-state index in [1.54, 1.807) is 12.1 Å². The maximum Gasteiger partial charge on any atom is 0.321 e. The number of carbonyl (C=O) groups excluding carboxylic acids is 1. The summed E-state index contributed by atoms with van der Waals surface area (Å²) in [7, 11) is -3.53. The predicted octanol–water partition coefficient (Wildman–Crippen LogP) is 0.582. The second kappa shape index (κ2) is 7.91. The van der Waals surface area contributed by atoms with Gasteiger partial charge in [0.2, 0.25) is 10.0 Å². The third-order valence-electron chi connectivity index (χ3n) is 4.92. The van der Waals surface area contributed by atoms with Crippen LogP contribution in [0.1, 0.15) is 19.3 Å². The highest BCUT2D eigenvalue weighted by atomic mass is 32.2. The summed E-state index contributed by atoms with van der Waals surface area (Å²) in [6.07, 6.45) is 1.93. The van der Waals surface area contributed by atoms with Gasteiger partial charge in [-0.05, 0) is 49.4 Å². The number of hydrogen-bond acceptors (Lipinski definition) is 5. The van der Waals surface area contributed by atoms with E-state index >= 15 is 0 Å². The first-order valence-electron chi connectivity index (χ1n) is 8.83. The molecule has 1 aliphatic heterocycles. The van der Waals surface area contributed by atoms with Crippen LogP contribution in [0.5, 0.6) is 0 Å². The lowest BCUT2D eigenvalue weighted by molar-refractivity contribution is 0.0123. The van der Waals surface area contributed by atoms with Crippen molar-refractivity contribution in [2.24, 2.45) is 11.8 Å². The quantitative estimate of drug-likeness (QED) is 0.573. The first-order chi connectivity index (χ1) is 12.4. The van der Waals surface area contributed by atoms with Crippen molar-refractivity contribution in [2.45, 2.75) is 30.3 Å². The summed E-state index contributed by atoms with van der Waals surface area (Å²) in [5.41, 5.74) is 0.481. The van der Waals surface area contributed by atoms with E-state index in [0.29, 0.717) is 31.1 Å². The van der Waals surface area contributed by atoms with Crippen LogP contribution in [-0.4, -0.2) is 61.9 Å². The molecule has 2 aliphatic rings. The number of sulfonamides is 1. The Morgan fingerprint density at radius 2 is 1.88 bits per heavy atom. The van der Waals surface area contributed by atoms with E-state index < -0.39 is 16.1 Å². The molecule has 26 heavy (non-hydrogen) atoms. The smallest absolute Gasteiger partial charge is 0.321 e.